The number of nitrogens with one attached hydrogen (secondary N) is 1. The molecule has 0 aromatic heterocycles. The van der Waals surface area contributed by atoms with Crippen LogP contribution >= 0.6 is 0 Å². The highest BCUT2D eigenvalue weighted by Gasteiger charge is 2.25. The van der Waals surface area contributed by atoms with E-state index in [0.29, 0.717) is 18.7 Å². The molecule has 8 heteroatoms. The maximum atomic E-state index is 12.7. The first-order valence-electron chi connectivity index (χ1n) is 8.82. The molecule has 0 fully saturated rings. The molecule has 3 rings (SSSR count). The summed E-state index contributed by atoms with van der Waals surface area (Å²) in [6.45, 7) is 6.15. The second-order valence-corrected chi connectivity index (χ2v) is 10.8. The molecule has 0 unspecified atom stereocenters. The minimum absolute atomic E-state index is 0.0570. The number of nitrogens with zero attached hydrogens (tertiary/aromatic N) is 1. The molecule has 2 aromatic carbocycles. The summed E-state index contributed by atoms with van der Waals surface area (Å²) in [6.07, 6.45) is 0.624. The topological polar surface area (TPSA) is 83.6 Å². The Balaban J connectivity index is 1.87. The Kier molecular flexibility index (Phi) is 5.33. The Labute approximate surface area is 161 Å². The van der Waals surface area contributed by atoms with E-state index in [1.54, 1.807) is 37.3 Å². The van der Waals surface area contributed by atoms with Gasteiger partial charge in [-0.1, -0.05) is 12.1 Å². The van der Waals surface area contributed by atoms with Crippen LogP contribution in [0.1, 0.15) is 29.2 Å². The van der Waals surface area contributed by atoms with E-state index in [2.05, 4.69) is 4.72 Å². The lowest BCUT2D eigenvalue weighted by atomic mass is 10.0. The number of fused-ring (bicyclic) bond motifs is 1. The first-order chi connectivity index (χ1) is 12.6. The van der Waals surface area contributed by atoms with Crippen LogP contribution in [0.5, 0.6) is 0 Å². The molecule has 0 bridgehead atoms. The molecular formula is C19H24N2O4S2. The lowest BCUT2D eigenvalue weighted by Gasteiger charge is -2.28. The van der Waals surface area contributed by atoms with Gasteiger partial charge >= 0.3 is 0 Å². The number of hydrogen-bond donors (Lipinski definition) is 1. The van der Waals surface area contributed by atoms with Crippen molar-refractivity contribution in [2.75, 3.05) is 17.0 Å². The van der Waals surface area contributed by atoms with E-state index in [1.165, 1.54) is 4.31 Å². The minimum atomic E-state index is -3.71. The van der Waals surface area contributed by atoms with Gasteiger partial charge in [0.2, 0.25) is 10.0 Å². The second kappa shape index (κ2) is 7.26. The fourth-order valence-electron chi connectivity index (χ4n) is 3.11. The maximum Gasteiger partial charge on any atom is 0.261 e. The van der Waals surface area contributed by atoms with Crippen LogP contribution in [0.3, 0.4) is 0 Å². The van der Waals surface area contributed by atoms with Gasteiger partial charge in [-0.25, -0.2) is 16.8 Å². The molecule has 0 amide bonds. The van der Waals surface area contributed by atoms with Crippen LogP contribution in [-0.4, -0.2) is 33.4 Å². The fourth-order valence-corrected chi connectivity index (χ4v) is 5.31. The van der Waals surface area contributed by atoms with Gasteiger partial charge < -0.3 is 0 Å². The Morgan fingerprint density at radius 3 is 2.37 bits per heavy atom. The van der Waals surface area contributed by atoms with E-state index in [9.17, 15) is 16.8 Å². The fraction of sp³-hybridized carbons (Fsp3) is 0.368. The summed E-state index contributed by atoms with van der Waals surface area (Å²) in [5.74, 6) is 0.0570. The normalized spacial score (nSPS) is 15.4. The minimum Gasteiger partial charge on any atom is -0.280 e. The van der Waals surface area contributed by atoms with Crippen LogP contribution in [0.2, 0.25) is 0 Å². The van der Waals surface area contributed by atoms with Gasteiger partial charge in [-0.2, -0.15) is 4.31 Å². The maximum absolute atomic E-state index is 12.7. The van der Waals surface area contributed by atoms with Crippen LogP contribution in [0.25, 0.3) is 0 Å². The molecular weight excluding hydrogens is 384 g/mol. The van der Waals surface area contributed by atoms with Gasteiger partial charge in [0.25, 0.3) is 10.0 Å². The van der Waals surface area contributed by atoms with E-state index < -0.39 is 20.0 Å². The summed E-state index contributed by atoms with van der Waals surface area (Å²) in [7, 11) is -6.98. The van der Waals surface area contributed by atoms with Crippen molar-refractivity contribution in [2.24, 2.45) is 0 Å². The molecule has 1 aliphatic rings. The van der Waals surface area contributed by atoms with Gasteiger partial charge in [-0.3, -0.25) is 4.72 Å². The zero-order chi connectivity index (χ0) is 19.8. The Hall–Kier alpha value is -1.90. The largest absolute Gasteiger partial charge is 0.280 e. The molecule has 146 valence electrons. The molecule has 0 spiro atoms. The summed E-state index contributed by atoms with van der Waals surface area (Å²) in [6, 6.07) is 10.3. The number of hydrogen-bond acceptors (Lipinski definition) is 4. The van der Waals surface area contributed by atoms with E-state index in [0.717, 1.165) is 22.3 Å². The van der Waals surface area contributed by atoms with Crippen molar-refractivity contribution in [3.05, 3.63) is 58.7 Å². The third-order valence-electron chi connectivity index (χ3n) is 4.98. The summed E-state index contributed by atoms with van der Waals surface area (Å²) >= 11 is 0. The smallest absolute Gasteiger partial charge is 0.261 e. The highest BCUT2D eigenvalue weighted by molar-refractivity contribution is 7.92. The molecule has 0 atom stereocenters. The summed E-state index contributed by atoms with van der Waals surface area (Å²) < 4.78 is 53.7. The van der Waals surface area contributed by atoms with Crippen molar-refractivity contribution < 1.29 is 16.8 Å². The predicted octanol–water partition coefficient (Wildman–Crippen LogP) is 2.81. The summed E-state index contributed by atoms with van der Waals surface area (Å²) in [5, 5.41) is 0. The predicted molar refractivity (Wildman–Crippen MR) is 107 cm³/mol. The number of anilines is 1. The molecule has 0 radical (unpaired) electrons. The molecule has 1 N–H and O–H groups in total. The van der Waals surface area contributed by atoms with Crippen LogP contribution in [0.15, 0.2) is 41.3 Å². The lowest BCUT2D eigenvalue weighted by molar-refractivity contribution is 0.392. The van der Waals surface area contributed by atoms with Crippen molar-refractivity contribution in [2.45, 2.75) is 38.6 Å². The average Bonchev–Trinajstić information content (AvgIpc) is 2.63. The van der Waals surface area contributed by atoms with E-state index in [-0.39, 0.29) is 17.2 Å². The van der Waals surface area contributed by atoms with Gasteiger partial charge in [0, 0.05) is 18.8 Å². The molecule has 0 saturated heterocycles. The molecule has 27 heavy (non-hydrogen) atoms. The van der Waals surface area contributed by atoms with Crippen molar-refractivity contribution in [3.8, 4) is 0 Å². The third kappa shape index (κ3) is 4.17. The van der Waals surface area contributed by atoms with Gasteiger partial charge in [-0.15, -0.1) is 0 Å². The van der Waals surface area contributed by atoms with Crippen molar-refractivity contribution in [1.82, 2.24) is 4.31 Å². The molecule has 1 aliphatic heterocycles. The molecule has 2 aromatic rings. The van der Waals surface area contributed by atoms with Gasteiger partial charge in [-0.05, 0) is 73.7 Å². The van der Waals surface area contributed by atoms with Crippen LogP contribution in [0.4, 0.5) is 5.69 Å². The standard InChI is InChI=1S/C19H24N2O4S2/c1-4-26(22,23)21-10-9-16-6-7-18(12-17(16)13-21)20-27(24,25)19-8-5-14(2)15(3)11-19/h5-8,11-12,20H,4,9-10,13H2,1-3H3. The van der Waals surface area contributed by atoms with Gasteiger partial charge in [0.05, 0.1) is 10.6 Å². The lowest BCUT2D eigenvalue weighted by Crippen LogP contribution is -2.36. The van der Waals surface area contributed by atoms with Crippen molar-refractivity contribution in [1.29, 1.82) is 0 Å². The molecule has 6 nitrogen and oxygen atoms in total. The Morgan fingerprint density at radius 2 is 1.70 bits per heavy atom. The van der Waals surface area contributed by atoms with Crippen LogP contribution in [-0.2, 0) is 33.0 Å². The molecule has 1 heterocycles. The number of rotatable bonds is 5. The Bertz CT molecular complexity index is 1080. The molecule has 0 aliphatic carbocycles. The van der Waals surface area contributed by atoms with E-state index in [1.807, 2.05) is 19.9 Å². The van der Waals surface area contributed by atoms with Crippen molar-refractivity contribution >= 4 is 25.7 Å². The third-order valence-corrected chi connectivity index (χ3v) is 8.19. The zero-order valence-corrected chi connectivity index (χ0v) is 17.3. The highest BCUT2D eigenvalue weighted by atomic mass is 32.2. The second-order valence-electron chi connectivity index (χ2n) is 6.82. The monoisotopic (exact) mass is 408 g/mol. The summed E-state index contributed by atoms with van der Waals surface area (Å²) in [4.78, 5) is 0.207. The first kappa shape index (κ1) is 19.9. The zero-order valence-electron chi connectivity index (χ0n) is 15.7. The van der Waals surface area contributed by atoms with Crippen LogP contribution < -0.4 is 4.72 Å². The van der Waals surface area contributed by atoms with E-state index >= 15 is 0 Å². The Morgan fingerprint density at radius 1 is 0.963 bits per heavy atom. The highest BCUT2D eigenvalue weighted by Crippen LogP contribution is 2.26. The van der Waals surface area contributed by atoms with E-state index in [4.69, 9.17) is 0 Å². The van der Waals surface area contributed by atoms with Crippen molar-refractivity contribution in [3.63, 3.8) is 0 Å². The number of sulfonamides is 2. The first-order valence-corrected chi connectivity index (χ1v) is 11.9. The number of aryl methyl sites for hydroxylation is 2. The average molecular weight is 409 g/mol. The molecule has 0 saturated carbocycles. The van der Waals surface area contributed by atoms with Crippen LogP contribution in [0, 0.1) is 13.8 Å². The van der Waals surface area contributed by atoms with Gasteiger partial charge in [0.1, 0.15) is 0 Å². The quantitative estimate of drug-likeness (QED) is 0.825. The van der Waals surface area contributed by atoms with Gasteiger partial charge in [0.15, 0.2) is 0 Å². The number of benzene rings is 2. The SMILES string of the molecule is CCS(=O)(=O)N1CCc2ccc(NS(=O)(=O)c3ccc(C)c(C)c3)cc2C1. The summed E-state index contributed by atoms with van der Waals surface area (Å²) in [5.41, 5.74) is 4.25.